The third-order valence-electron chi connectivity index (χ3n) is 3.00. The molecule has 0 bridgehead atoms. The number of para-hydroxylation sites is 1. The van der Waals surface area contributed by atoms with Gasteiger partial charge in [-0.2, -0.15) is 0 Å². The van der Waals surface area contributed by atoms with Crippen LogP contribution in [0, 0.1) is 5.92 Å². The molecule has 0 amide bonds. The fourth-order valence-corrected chi connectivity index (χ4v) is 3.24. The average molecular weight is 266 g/mol. The fraction of sp³-hybridized carbons (Fsp3) is 0.455. The molecule has 1 aliphatic rings. The first-order valence-electron chi connectivity index (χ1n) is 5.59. The van der Waals surface area contributed by atoms with Crippen molar-refractivity contribution in [3.8, 4) is 0 Å². The lowest BCUT2D eigenvalue weighted by Crippen LogP contribution is -2.40. The van der Waals surface area contributed by atoms with Crippen LogP contribution in [0.4, 0.5) is 5.69 Å². The van der Waals surface area contributed by atoms with Crippen LogP contribution in [0.5, 0.6) is 0 Å². The van der Waals surface area contributed by atoms with Crippen molar-refractivity contribution in [1.82, 2.24) is 0 Å². The Bertz CT molecular complexity index is 593. The molecule has 0 N–H and O–H groups in total. The zero-order valence-corrected chi connectivity index (χ0v) is 10.8. The van der Waals surface area contributed by atoms with Gasteiger partial charge in [0.1, 0.15) is 0 Å². The van der Waals surface area contributed by atoms with Crippen molar-refractivity contribution >= 4 is 15.7 Å². The SMILES string of the molecule is CS(=O)(=O)N1CC(CN=[N+]=[N-])Cc2ccccc21. The second-order valence-corrected chi connectivity index (χ2v) is 6.31. The standard InChI is InChI=1S/C11H14N4O2S/c1-18(16,17)15-8-9(7-13-14-12)6-10-4-2-3-5-11(10)15/h2-5,9H,6-8H2,1H3. The Morgan fingerprint density at radius 1 is 1.50 bits per heavy atom. The summed E-state index contributed by atoms with van der Waals surface area (Å²) in [5, 5.41) is 3.54. The van der Waals surface area contributed by atoms with E-state index in [1.807, 2.05) is 18.2 Å². The molecule has 0 aliphatic carbocycles. The minimum atomic E-state index is -3.30. The van der Waals surface area contributed by atoms with Crippen LogP contribution in [0.1, 0.15) is 5.56 Å². The summed E-state index contributed by atoms with van der Waals surface area (Å²) in [5.74, 6) is 0.0329. The van der Waals surface area contributed by atoms with E-state index in [2.05, 4.69) is 10.0 Å². The van der Waals surface area contributed by atoms with Crippen molar-refractivity contribution in [1.29, 1.82) is 0 Å². The Labute approximate surface area is 106 Å². The molecule has 1 heterocycles. The van der Waals surface area contributed by atoms with Gasteiger partial charge in [-0.3, -0.25) is 4.31 Å². The van der Waals surface area contributed by atoms with Gasteiger partial charge in [0.2, 0.25) is 10.0 Å². The first kappa shape index (κ1) is 12.7. The molecule has 0 saturated heterocycles. The first-order chi connectivity index (χ1) is 8.52. The average Bonchev–Trinajstić information content (AvgIpc) is 2.34. The van der Waals surface area contributed by atoms with Crippen LogP contribution in [-0.4, -0.2) is 27.8 Å². The van der Waals surface area contributed by atoms with E-state index >= 15 is 0 Å². The number of nitrogens with zero attached hydrogens (tertiary/aromatic N) is 4. The summed E-state index contributed by atoms with van der Waals surface area (Å²) in [6, 6.07) is 7.43. The van der Waals surface area contributed by atoms with E-state index in [1.54, 1.807) is 6.07 Å². The van der Waals surface area contributed by atoms with Crippen molar-refractivity contribution in [2.24, 2.45) is 11.0 Å². The molecule has 7 heteroatoms. The van der Waals surface area contributed by atoms with E-state index in [4.69, 9.17) is 5.53 Å². The molecule has 0 aromatic heterocycles. The van der Waals surface area contributed by atoms with E-state index in [1.165, 1.54) is 10.6 Å². The molecule has 1 aromatic rings. The summed E-state index contributed by atoms with van der Waals surface area (Å²) in [7, 11) is -3.30. The molecule has 0 saturated carbocycles. The number of rotatable bonds is 3. The smallest absolute Gasteiger partial charge is 0.232 e. The molecule has 0 radical (unpaired) electrons. The summed E-state index contributed by atoms with van der Waals surface area (Å²) < 4.78 is 25.0. The zero-order valence-electron chi connectivity index (χ0n) is 10.0. The Kier molecular flexibility index (Phi) is 3.45. The van der Waals surface area contributed by atoms with Gasteiger partial charge in [0.15, 0.2) is 0 Å². The maximum absolute atomic E-state index is 11.8. The number of sulfonamides is 1. The van der Waals surface area contributed by atoms with Crippen LogP contribution < -0.4 is 4.31 Å². The molecular weight excluding hydrogens is 252 g/mol. The number of fused-ring (bicyclic) bond motifs is 1. The third-order valence-corrected chi connectivity index (χ3v) is 4.14. The second-order valence-electron chi connectivity index (χ2n) is 4.41. The molecule has 96 valence electrons. The highest BCUT2D eigenvalue weighted by molar-refractivity contribution is 7.92. The maximum atomic E-state index is 11.8. The van der Waals surface area contributed by atoms with Gasteiger partial charge >= 0.3 is 0 Å². The molecule has 1 aliphatic heterocycles. The van der Waals surface area contributed by atoms with Crippen LogP contribution in [-0.2, 0) is 16.4 Å². The van der Waals surface area contributed by atoms with Gasteiger partial charge in [-0.05, 0) is 29.5 Å². The van der Waals surface area contributed by atoms with Gasteiger partial charge in [-0.1, -0.05) is 23.3 Å². The van der Waals surface area contributed by atoms with Crippen LogP contribution in [0.3, 0.4) is 0 Å². The van der Waals surface area contributed by atoms with Crippen LogP contribution in [0.15, 0.2) is 29.4 Å². The largest absolute Gasteiger partial charge is 0.270 e. The van der Waals surface area contributed by atoms with Crippen molar-refractivity contribution < 1.29 is 8.42 Å². The minimum Gasteiger partial charge on any atom is -0.270 e. The molecule has 0 spiro atoms. The monoisotopic (exact) mass is 266 g/mol. The molecule has 1 atom stereocenters. The predicted molar refractivity (Wildman–Crippen MR) is 69.8 cm³/mol. The van der Waals surface area contributed by atoms with Gasteiger partial charge in [0, 0.05) is 18.0 Å². The Hall–Kier alpha value is -1.72. The van der Waals surface area contributed by atoms with Crippen LogP contribution in [0.2, 0.25) is 0 Å². The number of benzene rings is 1. The summed E-state index contributed by atoms with van der Waals surface area (Å²) in [4.78, 5) is 2.73. The Balaban J connectivity index is 2.38. The van der Waals surface area contributed by atoms with Crippen molar-refractivity contribution in [3.63, 3.8) is 0 Å². The van der Waals surface area contributed by atoms with E-state index in [0.29, 0.717) is 13.1 Å². The first-order valence-corrected chi connectivity index (χ1v) is 7.43. The quantitative estimate of drug-likeness (QED) is 0.475. The minimum absolute atomic E-state index is 0.0329. The third kappa shape index (κ3) is 2.57. The zero-order chi connectivity index (χ0) is 13.2. The number of hydrogen-bond donors (Lipinski definition) is 0. The van der Waals surface area contributed by atoms with E-state index < -0.39 is 10.0 Å². The second kappa shape index (κ2) is 4.88. The van der Waals surface area contributed by atoms with E-state index in [-0.39, 0.29) is 5.92 Å². The molecular formula is C11H14N4O2S. The number of anilines is 1. The number of hydrogen-bond acceptors (Lipinski definition) is 3. The summed E-state index contributed by atoms with van der Waals surface area (Å²) in [6.07, 6.45) is 1.93. The molecule has 18 heavy (non-hydrogen) atoms. The lowest BCUT2D eigenvalue weighted by atomic mass is 9.94. The van der Waals surface area contributed by atoms with Crippen molar-refractivity contribution in [2.45, 2.75) is 6.42 Å². The summed E-state index contributed by atoms with van der Waals surface area (Å²) >= 11 is 0. The Morgan fingerprint density at radius 3 is 2.89 bits per heavy atom. The van der Waals surface area contributed by atoms with Gasteiger partial charge in [-0.15, -0.1) is 0 Å². The molecule has 0 fully saturated rings. The van der Waals surface area contributed by atoms with Gasteiger partial charge in [0.25, 0.3) is 0 Å². The van der Waals surface area contributed by atoms with Gasteiger partial charge < -0.3 is 0 Å². The molecule has 1 unspecified atom stereocenters. The van der Waals surface area contributed by atoms with Crippen molar-refractivity contribution in [2.75, 3.05) is 23.7 Å². The van der Waals surface area contributed by atoms with Crippen molar-refractivity contribution in [3.05, 3.63) is 40.3 Å². The van der Waals surface area contributed by atoms with Crippen LogP contribution >= 0.6 is 0 Å². The van der Waals surface area contributed by atoms with Gasteiger partial charge in [0.05, 0.1) is 11.9 Å². The highest BCUT2D eigenvalue weighted by Gasteiger charge is 2.28. The lowest BCUT2D eigenvalue weighted by Gasteiger charge is -2.33. The van der Waals surface area contributed by atoms with Crippen LogP contribution in [0.25, 0.3) is 10.4 Å². The predicted octanol–water partition coefficient (Wildman–Crippen LogP) is 1.94. The molecule has 2 rings (SSSR count). The number of azide groups is 1. The van der Waals surface area contributed by atoms with Gasteiger partial charge in [-0.25, -0.2) is 8.42 Å². The lowest BCUT2D eigenvalue weighted by molar-refractivity contribution is 0.518. The normalized spacial score (nSPS) is 18.9. The topological polar surface area (TPSA) is 86.1 Å². The van der Waals surface area contributed by atoms with E-state index in [9.17, 15) is 8.42 Å². The summed E-state index contributed by atoms with van der Waals surface area (Å²) in [5.41, 5.74) is 10.1. The summed E-state index contributed by atoms with van der Waals surface area (Å²) in [6.45, 7) is 0.686. The van der Waals surface area contributed by atoms with E-state index in [0.717, 1.165) is 17.7 Å². The maximum Gasteiger partial charge on any atom is 0.232 e. The Morgan fingerprint density at radius 2 is 2.22 bits per heavy atom. The highest BCUT2D eigenvalue weighted by Crippen LogP contribution is 2.31. The molecule has 1 aromatic carbocycles. The molecule has 6 nitrogen and oxygen atoms in total. The highest BCUT2D eigenvalue weighted by atomic mass is 32.2. The fourth-order valence-electron chi connectivity index (χ4n) is 2.22.